The van der Waals surface area contributed by atoms with Gasteiger partial charge in [0.15, 0.2) is 11.4 Å². The Balaban J connectivity index is 0.000000158. The number of hydrogen-bond donors (Lipinski definition) is 0. The largest absolute Gasteiger partial charge is 0.258 e. The van der Waals surface area contributed by atoms with Gasteiger partial charge >= 0.3 is 0 Å². The molecule has 0 radical (unpaired) electrons. The molecule has 6 aromatic carbocycles. The summed E-state index contributed by atoms with van der Waals surface area (Å²) in [6.07, 6.45) is 10.9. The van der Waals surface area contributed by atoms with Crippen molar-refractivity contribution >= 4 is 0 Å². The predicted octanol–water partition coefficient (Wildman–Crippen LogP) is 17.1. The Kier molecular flexibility index (Phi) is 16.6. The first-order chi connectivity index (χ1) is 51.0. The van der Waals surface area contributed by atoms with Gasteiger partial charge in [-0.25, -0.2) is 22.8 Å². The Morgan fingerprint density at radius 3 is 0.851 bits per heavy atom. The lowest BCUT2D eigenvalue weighted by molar-refractivity contribution is -0.686. The summed E-state index contributed by atoms with van der Waals surface area (Å²) >= 11 is 0. The first-order valence-corrected chi connectivity index (χ1v) is 33.3. The summed E-state index contributed by atoms with van der Waals surface area (Å²) in [5.41, 5.74) is 21.3. The van der Waals surface area contributed by atoms with E-state index in [-0.39, 0.29) is 0 Å². The molecule has 5 heterocycles. The topological polar surface area (TPSA) is 44.0 Å². The van der Waals surface area contributed by atoms with E-state index >= 15 is 0 Å². The number of rotatable bonds is 8. The molecule has 10 heteroatoms. The van der Waals surface area contributed by atoms with E-state index in [2.05, 4.69) is 13.8 Å². The van der Waals surface area contributed by atoms with Gasteiger partial charge in [-0.3, -0.25) is 0 Å². The number of para-hydroxylation sites is 5. The fourth-order valence-corrected chi connectivity index (χ4v) is 14.3. The van der Waals surface area contributed by atoms with Crippen molar-refractivity contribution in [1.82, 2.24) is 22.8 Å². The highest BCUT2D eigenvalue weighted by molar-refractivity contribution is 5.61. The highest BCUT2D eigenvalue weighted by Crippen LogP contribution is 2.37. The van der Waals surface area contributed by atoms with E-state index in [1.807, 2.05) is 274 Å². The Bertz CT molecular complexity index is 4920. The van der Waals surface area contributed by atoms with Gasteiger partial charge in [0.1, 0.15) is 74.0 Å². The zero-order valence-electron chi connectivity index (χ0n) is 73.9. The van der Waals surface area contributed by atoms with Crippen molar-refractivity contribution in [1.29, 1.82) is 0 Å². The van der Waals surface area contributed by atoms with Crippen LogP contribution in [-0.2, 0) is 35.2 Å². The Labute approximate surface area is 585 Å². The van der Waals surface area contributed by atoms with E-state index < -0.39 is 34.3 Å². The highest BCUT2D eigenvalue weighted by Gasteiger charge is 2.34. The Hall–Kier alpha value is -8.63. The van der Waals surface area contributed by atoms with Crippen LogP contribution < -0.4 is 22.8 Å². The van der Waals surface area contributed by atoms with Gasteiger partial charge in [0, 0.05) is 121 Å². The van der Waals surface area contributed by atoms with E-state index in [1.165, 1.54) is 43.5 Å². The fraction of sp³-hybridized carbons (Fsp3) is 0.393. The van der Waals surface area contributed by atoms with Gasteiger partial charge in [-0.05, 0) is 118 Å². The Morgan fingerprint density at radius 2 is 0.543 bits per heavy atom. The van der Waals surface area contributed by atoms with Crippen LogP contribution in [0, 0.1) is 117 Å². The summed E-state index contributed by atoms with van der Waals surface area (Å²) in [4.78, 5) is 0. The molecule has 0 amide bonds. The predicted molar refractivity (Wildman–Crippen MR) is 388 cm³/mol. The minimum atomic E-state index is -2.21. The van der Waals surface area contributed by atoms with Crippen LogP contribution in [0.25, 0.3) is 39.7 Å². The summed E-state index contributed by atoms with van der Waals surface area (Å²) in [5, 5.41) is 0. The van der Waals surface area contributed by atoms with Crippen LogP contribution in [0.4, 0.5) is 0 Å². The number of aromatic nitrogens is 10. The second-order valence-electron chi connectivity index (χ2n) is 25.9. The third-order valence-corrected chi connectivity index (χ3v) is 20.1. The number of imidazole rings is 5. The number of aryl methyl sites for hydroxylation is 5. The van der Waals surface area contributed by atoms with Gasteiger partial charge in [-0.15, -0.1) is 0 Å². The van der Waals surface area contributed by atoms with Crippen LogP contribution in [-0.4, -0.2) is 22.8 Å². The van der Waals surface area contributed by atoms with Crippen molar-refractivity contribution in [2.75, 3.05) is 0 Å². The molecule has 0 atom stereocenters. The van der Waals surface area contributed by atoms with Crippen molar-refractivity contribution in [2.45, 2.75) is 187 Å². The molecule has 2 saturated carbocycles. The summed E-state index contributed by atoms with van der Waals surface area (Å²) < 4.78 is 138. The number of nitrogens with zero attached hydrogens (tertiary/aromatic N) is 10. The molecule has 13 rings (SSSR count). The molecule has 2 aliphatic rings. The van der Waals surface area contributed by atoms with Crippen molar-refractivity contribution in [3.8, 4) is 39.7 Å². The minimum Gasteiger partial charge on any atom is -0.234 e. The molecule has 0 saturated heterocycles. The SMILES string of the molecule is [2H]C([2H])([2H])c1n(-c2ccccc2C)c(C)c(-c2ccccc2)[n+]1C.[2H]C([2H])([2H])c1n(-c2ccccc2C)c(C)c(C)[n+]1C.[2H]C([2H])([2H])c1n(-c2ccccc2C)c(C)c(C)[n+]1C.[2H]C([2H])([2H])c1n(-c2ccccc2C)c(C)c(C2CCCC2)[n+]1C.[2H]C([2H])([2H])c1n(-c2ccccc2C)c(C)c(C2CCCCC2)[n+]1C. The van der Waals surface area contributed by atoms with Crippen LogP contribution in [0.5, 0.6) is 0 Å². The second-order valence-corrected chi connectivity index (χ2v) is 25.9. The third kappa shape index (κ3) is 13.9. The summed E-state index contributed by atoms with van der Waals surface area (Å²) in [7, 11) is 9.27. The molecule has 0 spiro atoms. The van der Waals surface area contributed by atoms with Crippen LogP contribution in [0.15, 0.2) is 152 Å². The van der Waals surface area contributed by atoms with Gasteiger partial charge < -0.3 is 0 Å². The van der Waals surface area contributed by atoms with E-state index in [9.17, 15) is 0 Å². The maximum Gasteiger partial charge on any atom is 0.258 e. The van der Waals surface area contributed by atoms with Crippen molar-refractivity contribution in [3.05, 3.63) is 260 Å². The molecule has 11 aromatic rings. The van der Waals surface area contributed by atoms with Gasteiger partial charge in [0.25, 0.3) is 29.1 Å². The Morgan fingerprint density at radius 1 is 0.287 bits per heavy atom. The molecule has 2 aliphatic carbocycles. The molecular weight excluding hydrogens is 1150 g/mol. The van der Waals surface area contributed by atoms with Gasteiger partial charge in [-0.2, -0.15) is 22.8 Å². The van der Waals surface area contributed by atoms with E-state index in [4.69, 9.17) is 20.6 Å². The van der Waals surface area contributed by atoms with Crippen LogP contribution >= 0.6 is 0 Å². The molecule has 5 aromatic heterocycles. The lowest BCUT2D eigenvalue weighted by atomic mass is 9.86. The maximum atomic E-state index is 8.09. The standard InChI is InChI=1S/C19H27N2.C19H21N2.C18H25N2.2C14H19N2/c2*1-14-10-8-9-13-18(14)21-15(2)19(20(4)16(21)3)17-11-6-5-7-12-17;1-13-9-5-8-12-17(13)20-14(2)18(19(4)15(20)3)16-10-6-7-11-16;2*1-10-8-6-7-9-14(10)16-12(3)11(2)15(5)13(16)4/h8-10,13,17H,5-7,11-12H2,1-4H3;5-13H,1-4H3;5,8-9,12,16H,6-7,10-11H2,1-4H3;2*6-9H,1-5H3/q5*+1/i3*3D3;2*4D3. The van der Waals surface area contributed by atoms with Crippen molar-refractivity contribution in [3.63, 3.8) is 0 Å². The average Bonchev–Trinajstić information content (AvgIpc) is 1.62. The first kappa shape index (κ1) is 51.7. The minimum absolute atomic E-state index is 0.313. The van der Waals surface area contributed by atoms with E-state index in [1.54, 1.807) is 27.8 Å². The fourth-order valence-electron chi connectivity index (χ4n) is 14.3. The molecule has 0 unspecified atom stereocenters. The number of benzene rings is 6. The molecule has 2 fully saturated rings. The molecular formula is C84H111N10+5. The quantitative estimate of drug-likeness (QED) is 0.136. The number of hydrogen-bond acceptors (Lipinski definition) is 0. The molecule has 0 N–H and O–H groups in total. The van der Waals surface area contributed by atoms with E-state index in [0.29, 0.717) is 41.0 Å². The monoisotopic (exact) mass is 1270 g/mol. The first-order valence-electron chi connectivity index (χ1n) is 40.8. The molecule has 0 bridgehead atoms. The third-order valence-electron chi connectivity index (χ3n) is 20.1. The van der Waals surface area contributed by atoms with Gasteiger partial charge in [0.2, 0.25) is 0 Å². The average molecular weight is 1280 g/mol. The molecule has 0 aliphatic heterocycles. The van der Waals surface area contributed by atoms with Crippen LogP contribution in [0.3, 0.4) is 0 Å². The zero-order chi connectivity index (χ0) is 80.5. The summed E-state index contributed by atoms with van der Waals surface area (Å²) in [6, 6.07) is 49.5. The lowest BCUT2D eigenvalue weighted by Crippen LogP contribution is -2.36. The van der Waals surface area contributed by atoms with Crippen LogP contribution in [0.1, 0.15) is 198 Å². The van der Waals surface area contributed by atoms with E-state index in [0.717, 1.165) is 133 Å². The second kappa shape index (κ2) is 30.2. The van der Waals surface area contributed by atoms with Gasteiger partial charge in [-0.1, -0.05) is 153 Å². The highest BCUT2D eigenvalue weighted by atomic mass is 15.2. The molecule has 10 nitrogen and oxygen atoms in total. The summed E-state index contributed by atoms with van der Waals surface area (Å²) in [6.45, 7) is 13.2. The smallest absolute Gasteiger partial charge is 0.234 e. The van der Waals surface area contributed by atoms with Crippen LogP contribution in [0.2, 0.25) is 0 Å². The van der Waals surface area contributed by atoms with Crippen molar-refractivity contribution < 1.29 is 43.4 Å². The van der Waals surface area contributed by atoms with Gasteiger partial charge in [0.05, 0.1) is 35.2 Å². The normalized spacial score (nSPS) is 16.2. The lowest BCUT2D eigenvalue weighted by Gasteiger charge is -2.19. The molecule has 492 valence electrons. The van der Waals surface area contributed by atoms with Crippen molar-refractivity contribution in [2.24, 2.45) is 35.2 Å². The molecule has 94 heavy (non-hydrogen) atoms. The maximum absolute atomic E-state index is 8.09. The summed E-state index contributed by atoms with van der Waals surface area (Å²) in [5.74, 6) is 2.77. The zero-order valence-corrected chi connectivity index (χ0v) is 58.9.